The van der Waals surface area contributed by atoms with E-state index in [4.69, 9.17) is 0 Å². The Hall–Kier alpha value is -1.09. The van der Waals surface area contributed by atoms with Gasteiger partial charge in [-0.25, -0.2) is 0 Å². The van der Waals surface area contributed by atoms with Crippen molar-refractivity contribution in [3.8, 4) is 0 Å². The van der Waals surface area contributed by atoms with Gasteiger partial charge in [0.15, 0.2) is 0 Å². The Morgan fingerprint density at radius 3 is 2.15 bits per heavy atom. The second kappa shape index (κ2) is 18.9. The minimum atomic E-state index is -0.598. The fourth-order valence-electron chi connectivity index (χ4n) is 12.5. The summed E-state index contributed by atoms with van der Waals surface area (Å²) in [5.74, 6) is 4.31. The maximum atomic E-state index is 13.0. The van der Waals surface area contributed by atoms with Crippen molar-refractivity contribution < 1.29 is 15.0 Å². The Bertz CT molecular complexity index is 1010. The summed E-state index contributed by atoms with van der Waals surface area (Å²) in [5.41, 5.74) is 0.500. The monoisotopic (exact) mass is 667 g/mol. The number of unbranched alkanes of at least 4 members (excludes halogenated alkanes) is 7. The van der Waals surface area contributed by atoms with Gasteiger partial charge in [-0.2, -0.15) is 0 Å². The van der Waals surface area contributed by atoms with Crippen LogP contribution in [0.25, 0.3) is 0 Å². The standard InChI is InChI=1S/C45H78O3/c1-7-8-9-10-11-12-13-14-15-16-17-18-19-20-24-38(43(47)48)42-32-36(46)31-35-25-26-37-40-28-27-39(34(4)23-21-22-33(2)3)44(40,5)30-29-41(37)45(35,42)6/h11-12,14-15,33-42,46H,7-10,13,16-32H2,1-6H3,(H,47,48)/b12-11-,15-14-/t34-,35-,36+,37-,38?,39-,40+,41+,42?,44-,45+/m1/s1. The Labute approximate surface area is 297 Å². The summed E-state index contributed by atoms with van der Waals surface area (Å²) >= 11 is 0. The maximum Gasteiger partial charge on any atom is 0.306 e. The molecule has 11 atom stereocenters. The number of aliphatic hydroxyl groups is 1. The molecule has 0 heterocycles. The molecule has 2 unspecified atom stereocenters. The van der Waals surface area contributed by atoms with Gasteiger partial charge >= 0.3 is 5.97 Å². The summed E-state index contributed by atoms with van der Waals surface area (Å²) in [5, 5.41) is 21.9. The first kappa shape index (κ1) is 39.7. The van der Waals surface area contributed by atoms with E-state index in [1.54, 1.807) is 0 Å². The number of allylic oxidation sites excluding steroid dienone is 4. The molecule has 0 radical (unpaired) electrons. The molecule has 0 aromatic heterocycles. The van der Waals surface area contributed by atoms with Gasteiger partial charge < -0.3 is 10.2 Å². The molecule has 4 aliphatic rings. The van der Waals surface area contributed by atoms with Crippen LogP contribution in [0.1, 0.15) is 183 Å². The molecule has 48 heavy (non-hydrogen) atoms. The predicted molar refractivity (Wildman–Crippen MR) is 204 cm³/mol. The average Bonchev–Trinajstić information content (AvgIpc) is 3.40. The zero-order valence-electron chi connectivity index (χ0n) is 32.4. The first-order valence-corrected chi connectivity index (χ1v) is 21.2. The number of carboxylic acid groups (broad SMARTS) is 1. The lowest BCUT2D eigenvalue weighted by molar-refractivity contribution is -0.180. The number of rotatable bonds is 20. The van der Waals surface area contributed by atoms with Crippen molar-refractivity contribution >= 4 is 5.97 Å². The molecular weight excluding hydrogens is 588 g/mol. The van der Waals surface area contributed by atoms with Gasteiger partial charge in [0, 0.05) is 0 Å². The van der Waals surface area contributed by atoms with Crippen LogP contribution in [0, 0.1) is 64.1 Å². The van der Waals surface area contributed by atoms with Crippen molar-refractivity contribution in [1.82, 2.24) is 0 Å². The average molecular weight is 667 g/mol. The van der Waals surface area contributed by atoms with E-state index < -0.39 is 5.97 Å². The van der Waals surface area contributed by atoms with E-state index in [1.807, 2.05) is 0 Å². The lowest BCUT2D eigenvalue weighted by Crippen LogP contribution is -2.59. The van der Waals surface area contributed by atoms with E-state index in [0.717, 1.165) is 68.1 Å². The number of carbonyl (C=O) groups is 1. The SMILES string of the molecule is CCCCC/C=C\C/C=C\CCCCCCC(C(=O)O)C1C[C@@H](O)C[C@H]2CC[C@@H]3[C@@H]4CC[C@H]([C@H](C)CCCC(C)C)[C@@]4(C)CC[C@@H]3[C@@]12C. The second-order valence-electron chi connectivity index (χ2n) is 18.4. The van der Waals surface area contributed by atoms with Crippen molar-refractivity contribution in [3.05, 3.63) is 24.3 Å². The third-order valence-electron chi connectivity index (χ3n) is 15.1. The minimum absolute atomic E-state index is 0.0444. The van der Waals surface area contributed by atoms with Crippen LogP contribution < -0.4 is 0 Å². The van der Waals surface area contributed by atoms with Crippen molar-refractivity contribution in [1.29, 1.82) is 0 Å². The van der Waals surface area contributed by atoms with Crippen molar-refractivity contribution in [2.24, 2.45) is 64.1 Å². The summed E-state index contributed by atoms with van der Waals surface area (Å²) in [4.78, 5) is 13.0. The van der Waals surface area contributed by atoms with Crippen LogP contribution in [0.3, 0.4) is 0 Å². The Kier molecular flexibility index (Phi) is 15.7. The lowest BCUT2D eigenvalue weighted by Gasteiger charge is -2.64. The highest BCUT2D eigenvalue weighted by molar-refractivity contribution is 5.70. The van der Waals surface area contributed by atoms with Gasteiger partial charge in [0.05, 0.1) is 12.0 Å². The number of fused-ring (bicyclic) bond motifs is 5. The number of aliphatic carboxylic acids is 1. The Balaban J connectivity index is 1.33. The highest BCUT2D eigenvalue weighted by Crippen LogP contribution is 2.70. The first-order chi connectivity index (χ1) is 23.0. The molecule has 2 N–H and O–H groups in total. The zero-order chi connectivity index (χ0) is 34.7. The van der Waals surface area contributed by atoms with Crippen LogP contribution in [-0.2, 0) is 4.79 Å². The highest BCUT2D eigenvalue weighted by Gasteiger charge is 2.63. The predicted octanol–water partition coefficient (Wildman–Crippen LogP) is 12.8. The highest BCUT2D eigenvalue weighted by atomic mass is 16.4. The second-order valence-corrected chi connectivity index (χ2v) is 18.4. The normalized spacial score (nSPS) is 36.3. The number of hydrogen-bond donors (Lipinski definition) is 2. The van der Waals surface area contributed by atoms with Crippen LogP contribution in [-0.4, -0.2) is 22.3 Å². The van der Waals surface area contributed by atoms with Crippen LogP contribution >= 0.6 is 0 Å². The summed E-state index contributed by atoms with van der Waals surface area (Å²) in [6, 6.07) is 0. The third kappa shape index (κ3) is 9.61. The molecular formula is C45H78O3. The largest absolute Gasteiger partial charge is 0.481 e. The quantitative estimate of drug-likeness (QED) is 0.100. The van der Waals surface area contributed by atoms with Crippen LogP contribution in [0.2, 0.25) is 0 Å². The molecule has 0 spiro atoms. The van der Waals surface area contributed by atoms with Gasteiger partial charge in [-0.3, -0.25) is 4.79 Å². The van der Waals surface area contributed by atoms with Crippen LogP contribution in [0.5, 0.6) is 0 Å². The molecule has 0 aromatic carbocycles. The summed E-state index contributed by atoms with van der Waals surface area (Å²) in [7, 11) is 0. The van der Waals surface area contributed by atoms with E-state index >= 15 is 0 Å². The summed E-state index contributed by atoms with van der Waals surface area (Å²) in [6.07, 6.45) is 35.1. The molecule has 4 aliphatic carbocycles. The number of hydrogen-bond acceptors (Lipinski definition) is 2. The zero-order valence-corrected chi connectivity index (χ0v) is 32.4. The molecule has 276 valence electrons. The van der Waals surface area contributed by atoms with Crippen molar-refractivity contribution in [3.63, 3.8) is 0 Å². The molecule has 3 nitrogen and oxygen atoms in total. The fourth-order valence-corrected chi connectivity index (χ4v) is 12.5. The van der Waals surface area contributed by atoms with E-state index in [1.165, 1.54) is 96.3 Å². The molecule has 4 fully saturated rings. The lowest BCUT2D eigenvalue weighted by atomic mass is 9.41. The van der Waals surface area contributed by atoms with Crippen molar-refractivity contribution in [2.75, 3.05) is 0 Å². The minimum Gasteiger partial charge on any atom is -0.481 e. The first-order valence-electron chi connectivity index (χ1n) is 21.2. The van der Waals surface area contributed by atoms with Gasteiger partial charge in [0.2, 0.25) is 0 Å². The van der Waals surface area contributed by atoms with Gasteiger partial charge in [0.1, 0.15) is 0 Å². The number of aliphatic hydroxyl groups excluding tert-OH is 1. The van der Waals surface area contributed by atoms with Crippen molar-refractivity contribution in [2.45, 2.75) is 189 Å². The smallest absolute Gasteiger partial charge is 0.306 e. The molecule has 3 heteroatoms. The van der Waals surface area contributed by atoms with Gasteiger partial charge in [-0.05, 0) is 148 Å². The topological polar surface area (TPSA) is 57.5 Å². The molecule has 4 rings (SSSR count). The van der Waals surface area contributed by atoms with Gasteiger partial charge in [0.25, 0.3) is 0 Å². The van der Waals surface area contributed by atoms with Gasteiger partial charge in [-0.15, -0.1) is 0 Å². The third-order valence-corrected chi connectivity index (χ3v) is 15.1. The molecule has 0 aliphatic heterocycles. The number of carboxylic acids is 1. The van der Waals surface area contributed by atoms with Crippen LogP contribution in [0.15, 0.2) is 24.3 Å². The van der Waals surface area contributed by atoms with Gasteiger partial charge in [-0.1, -0.05) is 117 Å². The summed E-state index contributed by atoms with van der Waals surface area (Å²) < 4.78 is 0. The molecule has 0 amide bonds. The van der Waals surface area contributed by atoms with E-state index in [-0.39, 0.29) is 23.4 Å². The fraction of sp³-hybridized carbons (Fsp3) is 0.889. The van der Waals surface area contributed by atoms with E-state index in [2.05, 4.69) is 65.8 Å². The maximum absolute atomic E-state index is 13.0. The van der Waals surface area contributed by atoms with E-state index in [9.17, 15) is 15.0 Å². The molecule has 0 aromatic rings. The Morgan fingerprint density at radius 1 is 0.750 bits per heavy atom. The molecule has 0 saturated heterocycles. The summed E-state index contributed by atoms with van der Waals surface area (Å²) in [6.45, 7) is 14.7. The molecule has 0 bridgehead atoms. The van der Waals surface area contributed by atoms with Crippen LogP contribution in [0.4, 0.5) is 0 Å². The van der Waals surface area contributed by atoms with E-state index in [0.29, 0.717) is 23.7 Å². The Morgan fingerprint density at radius 2 is 1.46 bits per heavy atom. The molecule has 4 saturated carbocycles.